The van der Waals surface area contributed by atoms with Crippen LogP contribution in [0.2, 0.25) is 0 Å². The van der Waals surface area contributed by atoms with Crippen molar-refractivity contribution in [2.75, 3.05) is 19.6 Å². The van der Waals surface area contributed by atoms with Crippen molar-refractivity contribution in [1.29, 1.82) is 0 Å². The van der Waals surface area contributed by atoms with Crippen LogP contribution in [0, 0.1) is 12.8 Å². The Kier molecular flexibility index (Phi) is 4.33. The number of nitrogens with one attached hydrogen (secondary N) is 1. The number of pyridine rings is 1. The van der Waals surface area contributed by atoms with Gasteiger partial charge in [0.1, 0.15) is 0 Å². The monoisotopic (exact) mass is 319 g/mol. The molecule has 1 atom stereocenters. The highest BCUT2D eigenvalue weighted by Crippen LogP contribution is 2.30. The Morgan fingerprint density at radius 1 is 1.43 bits per heavy atom. The van der Waals surface area contributed by atoms with Crippen molar-refractivity contribution >= 4 is 11.8 Å². The number of alkyl halides is 1. The van der Waals surface area contributed by atoms with Gasteiger partial charge in [-0.05, 0) is 50.7 Å². The number of hydrogen-bond acceptors (Lipinski definition) is 3. The van der Waals surface area contributed by atoms with Gasteiger partial charge in [0.25, 0.3) is 11.8 Å². The molecule has 0 radical (unpaired) electrons. The van der Waals surface area contributed by atoms with Gasteiger partial charge in [0.05, 0.1) is 12.1 Å². The fourth-order valence-electron chi connectivity index (χ4n) is 2.86. The minimum absolute atomic E-state index is 0.166. The SMILES string of the molecule is Cc1ccc(C(=O)N2CCCC(F)(C(=O)NCC3CC3)C2)cn1. The number of likely N-dealkylation sites (tertiary alicyclic amines) is 1. The van der Waals surface area contributed by atoms with E-state index in [0.29, 0.717) is 31.0 Å². The minimum atomic E-state index is -1.99. The van der Waals surface area contributed by atoms with Crippen LogP contribution in [0.15, 0.2) is 18.3 Å². The van der Waals surface area contributed by atoms with E-state index in [0.717, 1.165) is 18.5 Å². The van der Waals surface area contributed by atoms with Crippen LogP contribution < -0.4 is 5.32 Å². The zero-order valence-corrected chi connectivity index (χ0v) is 13.3. The van der Waals surface area contributed by atoms with E-state index in [2.05, 4.69) is 10.3 Å². The van der Waals surface area contributed by atoms with Gasteiger partial charge >= 0.3 is 0 Å². The van der Waals surface area contributed by atoms with Crippen molar-refractivity contribution in [3.63, 3.8) is 0 Å². The third-order valence-electron chi connectivity index (χ3n) is 4.54. The fraction of sp³-hybridized carbons (Fsp3) is 0.588. The van der Waals surface area contributed by atoms with E-state index in [9.17, 15) is 9.59 Å². The Bertz CT molecular complexity index is 600. The quantitative estimate of drug-likeness (QED) is 0.921. The lowest BCUT2D eigenvalue weighted by atomic mass is 9.93. The number of rotatable bonds is 4. The van der Waals surface area contributed by atoms with E-state index in [1.165, 1.54) is 11.1 Å². The first kappa shape index (κ1) is 15.9. The maximum Gasteiger partial charge on any atom is 0.259 e. The van der Waals surface area contributed by atoms with E-state index < -0.39 is 11.6 Å². The van der Waals surface area contributed by atoms with Gasteiger partial charge < -0.3 is 10.2 Å². The second-order valence-corrected chi connectivity index (χ2v) is 6.64. The smallest absolute Gasteiger partial charge is 0.259 e. The summed E-state index contributed by atoms with van der Waals surface area (Å²) < 4.78 is 15.0. The molecule has 6 heteroatoms. The van der Waals surface area contributed by atoms with Crippen LogP contribution >= 0.6 is 0 Å². The Hall–Kier alpha value is -1.98. The molecular weight excluding hydrogens is 297 g/mol. The Morgan fingerprint density at radius 3 is 2.87 bits per heavy atom. The molecule has 2 aliphatic rings. The highest BCUT2D eigenvalue weighted by Gasteiger charge is 2.44. The molecule has 1 unspecified atom stereocenters. The van der Waals surface area contributed by atoms with E-state index in [1.54, 1.807) is 12.1 Å². The number of carbonyl (C=O) groups is 2. The zero-order valence-electron chi connectivity index (χ0n) is 13.3. The van der Waals surface area contributed by atoms with Crippen molar-refractivity contribution in [1.82, 2.24) is 15.2 Å². The number of piperidine rings is 1. The van der Waals surface area contributed by atoms with Crippen LogP contribution in [0.4, 0.5) is 4.39 Å². The number of halogens is 1. The third kappa shape index (κ3) is 3.68. The highest BCUT2D eigenvalue weighted by molar-refractivity contribution is 5.95. The van der Waals surface area contributed by atoms with Crippen molar-refractivity contribution in [3.05, 3.63) is 29.6 Å². The minimum Gasteiger partial charge on any atom is -0.353 e. The highest BCUT2D eigenvalue weighted by atomic mass is 19.1. The van der Waals surface area contributed by atoms with Gasteiger partial charge in [-0.25, -0.2) is 4.39 Å². The molecule has 0 bridgehead atoms. The molecule has 0 spiro atoms. The van der Waals surface area contributed by atoms with Crippen LogP contribution in [0.5, 0.6) is 0 Å². The number of aryl methyl sites for hydroxylation is 1. The van der Waals surface area contributed by atoms with Gasteiger partial charge in [-0.15, -0.1) is 0 Å². The Balaban J connectivity index is 1.65. The molecule has 1 aromatic heterocycles. The molecule has 124 valence electrons. The molecule has 5 nitrogen and oxygen atoms in total. The van der Waals surface area contributed by atoms with E-state index >= 15 is 4.39 Å². The average Bonchev–Trinajstić information content (AvgIpc) is 3.37. The second kappa shape index (κ2) is 6.26. The number of carbonyl (C=O) groups excluding carboxylic acids is 2. The van der Waals surface area contributed by atoms with Gasteiger partial charge in [-0.1, -0.05) is 0 Å². The van der Waals surface area contributed by atoms with Crippen LogP contribution in [0.25, 0.3) is 0 Å². The van der Waals surface area contributed by atoms with Crippen LogP contribution in [0.1, 0.15) is 41.7 Å². The molecule has 1 aromatic rings. The molecule has 2 heterocycles. The normalized spacial score (nSPS) is 24.3. The number of amides is 2. The van der Waals surface area contributed by atoms with Crippen molar-refractivity contribution in [2.24, 2.45) is 5.92 Å². The molecule has 1 saturated carbocycles. The summed E-state index contributed by atoms with van der Waals surface area (Å²) in [6.45, 7) is 2.66. The molecule has 1 saturated heterocycles. The maximum absolute atomic E-state index is 15.0. The van der Waals surface area contributed by atoms with Crippen LogP contribution in [-0.4, -0.2) is 47.0 Å². The summed E-state index contributed by atoms with van der Waals surface area (Å²) in [6, 6.07) is 3.44. The predicted octanol–water partition coefficient (Wildman–Crippen LogP) is 1.86. The van der Waals surface area contributed by atoms with E-state index in [-0.39, 0.29) is 18.9 Å². The average molecular weight is 319 g/mol. The molecular formula is C17H22FN3O2. The Labute approximate surface area is 135 Å². The summed E-state index contributed by atoms with van der Waals surface area (Å²) in [5.41, 5.74) is -0.737. The summed E-state index contributed by atoms with van der Waals surface area (Å²) in [4.78, 5) is 30.2. The molecule has 2 amide bonds. The third-order valence-corrected chi connectivity index (χ3v) is 4.54. The molecule has 0 aromatic carbocycles. The van der Waals surface area contributed by atoms with Gasteiger partial charge in [0, 0.05) is 25.0 Å². The Morgan fingerprint density at radius 2 is 2.22 bits per heavy atom. The largest absolute Gasteiger partial charge is 0.353 e. The molecule has 2 fully saturated rings. The topological polar surface area (TPSA) is 62.3 Å². The van der Waals surface area contributed by atoms with Gasteiger partial charge in [-0.2, -0.15) is 0 Å². The van der Waals surface area contributed by atoms with E-state index in [1.807, 2.05) is 6.92 Å². The summed E-state index contributed by atoms with van der Waals surface area (Å²) in [5.74, 6) is -0.347. The first-order chi connectivity index (χ1) is 11.0. The van der Waals surface area contributed by atoms with Gasteiger partial charge in [-0.3, -0.25) is 14.6 Å². The van der Waals surface area contributed by atoms with Crippen LogP contribution in [0.3, 0.4) is 0 Å². The first-order valence-corrected chi connectivity index (χ1v) is 8.17. The molecule has 1 aliphatic heterocycles. The molecule has 1 N–H and O–H groups in total. The predicted molar refractivity (Wildman–Crippen MR) is 83.7 cm³/mol. The molecule has 1 aliphatic carbocycles. The summed E-state index contributed by atoms with van der Waals surface area (Å²) in [5, 5.41) is 2.70. The number of aromatic nitrogens is 1. The maximum atomic E-state index is 15.0. The standard InChI is InChI=1S/C17H22FN3O2/c1-12-3-6-14(10-19-12)15(22)21-8-2-7-17(18,11-21)16(23)20-9-13-4-5-13/h3,6,10,13H,2,4-5,7-9,11H2,1H3,(H,20,23). The fourth-order valence-corrected chi connectivity index (χ4v) is 2.86. The lowest BCUT2D eigenvalue weighted by Crippen LogP contribution is -2.55. The lowest BCUT2D eigenvalue weighted by molar-refractivity contribution is -0.135. The summed E-state index contributed by atoms with van der Waals surface area (Å²) in [6.07, 6.45) is 4.35. The summed E-state index contributed by atoms with van der Waals surface area (Å²) >= 11 is 0. The van der Waals surface area contributed by atoms with E-state index in [4.69, 9.17) is 0 Å². The zero-order chi connectivity index (χ0) is 16.4. The summed E-state index contributed by atoms with van der Waals surface area (Å²) in [7, 11) is 0. The van der Waals surface area contributed by atoms with Crippen LogP contribution in [-0.2, 0) is 4.79 Å². The van der Waals surface area contributed by atoms with Crippen molar-refractivity contribution < 1.29 is 14.0 Å². The molecule has 3 rings (SSSR count). The molecule has 23 heavy (non-hydrogen) atoms. The van der Waals surface area contributed by atoms with Gasteiger partial charge in [0.2, 0.25) is 5.67 Å². The van der Waals surface area contributed by atoms with Crippen molar-refractivity contribution in [2.45, 2.75) is 38.3 Å². The van der Waals surface area contributed by atoms with Gasteiger partial charge in [0.15, 0.2) is 0 Å². The second-order valence-electron chi connectivity index (χ2n) is 6.64. The first-order valence-electron chi connectivity index (χ1n) is 8.17. The van der Waals surface area contributed by atoms with Crippen molar-refractivity contribution in [3.8, 4) is 0 Å². The number of nitrogens with zero attached hydrogens (tertiary/aromatic N) is 2. The lowest BCUT2D eigenvalue weighted by Gasteiger charge is -2.36. The number of hydrogen-bond donors (Lipinski definition) is 1.